The summed E-state index contributed by atoms with van der Waals surface area (Å²) in [4.78, 5) is 9.07. The van der Waals surface area contributed by atoms with Crippen LogP contribution in [0, 0.1) is 0 Å². The third-order valence-electron chi connectivity index (χ3n) is 0.0680. The van der Waals surface area contributed by atoms with E-state index in [0.29, 0.717) is 6.29 Å². The van der Waals surface area contributed by atoms with E-state index in [9.17, 15) is 0 Å². The van der Waals surface area contributed by atoms with E-state index in [-0.39, 0.29) is 24.6 Å². The van der Waals surface area contributed by atoms with Crippen molar-refractivity contribution in [3.8, 4) is 0 Å². The minimum Gasteiger partial charge on any atom is -0.785 e. The molecular formula is C2H3LiOS. The van der Waals surface area contributed by atoms with Gasteiger partial charge in [-0.1, -0.05) is 0 Å². The van der Waals surface area contributed by atoms with Crippen molar-refractivity contribution >= 4 is 18.9 Å². The molecule has 5 heavy (non-hydrogen) atoms. The number of aldehydes is 1. The van der Waals surface area contributed by atoms with Crippen molar-refractivity contribution in [2.24, 2.45) is 0 Å². The molecule has 3 heteroatoms. The molecule has 0 aliphatic carbocycles. The fourth-order valence-electron chi connectivity index (χ4n) is 0. The van der Waals surface area contributed by atoms with Crippen LogP contribution in [0.4, 0.5) is 0 Å². The minimum absolute atomic E-state index is 0. The molecule has 0 spiro atoms. The molecule has 0 fully saturated rings. The molecule has 24 valence electrons. The van der Waals surface area contributed by atoms with E-state index in [1.165, 1.54) is 0 Å². The van der Waals surface area contributed by atoms with Gasteiger partial charge in [0, 0.05) is 0 Å². The minimum atomic E-state index is 0. The molecule has 0 bridgehead atoms. The van der Waals surface area contributed by atoms with Gasteiger partial charge in [0.05, 0.1) is 6.29 Å². The number of carbonyl (C=O) groups excluding carboxylic acids is 1. The first-order chi connectivity index (χ1) is 1.91. The van der Waals surface area contributed by atoms with Gasteiger partial charge in [-0.15, -0.1) is 5.75 Å². The van der Waals surface area contributed by atoms with Crippen LogP contribution >= 0.6 is 0 Å². The van der Waals surface area contributed by atoms with Gasteiger partial charge in [-0.25, -0.2) is 0 Å². The Morgan fingerprint density at radius 1 is 1.80 bits per heavy atom. The molecule has 0 aromatic heterocycles. The summed E-state index contributed by atoms with van der Waals surface area (Å²) in [6.45, 7) is 0. The molecule has 1 nitrogen and oxygen atoms in total. The average Bonchev–Trinajstić information content (AvgIpc) is 1.37. The van der Waals surface area contributed by atoms with Gasteiger partial charge < -0.3 is 17.4 Å². The summed E-state index contributed by atoms with van der Waals surface area (Å²) in [5.74, 6) is 0.222. The van der Waals surface area contributed by atoms with Crippen LogP contribution in [0.1, 0.15) is 0 Å². The summed E-state index contributed by atoms with van der Waals surface area (Å²) in [5, 5.41) is 0. The van der Waals surface area contributed by atoms with E-state index in [0.717, 1.165) is 0 Å². The van der Waals surface area contributed by atoms with Gasteiger partial charge in [-0.05, 0) is 0 Å². The second kappa shape index (κ2) is 8.82. The normalized spacial score (nSPS) is 5.00. The summed E-state index contributed by atoms with van der Waals surface area (Å²) in [6, 6.07) is 0. The maximum Gasteiger partial charge on any atom is 1.00 e. The van der Waals surface area contributed by atoms with E-state index in [2.05, 4.69) is 12.6 Å². The van der Waals surface area contributed by atoms with Crippen molar-refractivity contribution in [3.05, 3.63) is 0 Å². The summed E-state index contributed by atoms with van der Waals surface area (Å²) in [6.07, 6.45) is 0.690. The third-order valence-corrected chi connectivity index (χ3v) is 0.204. The van der Waals surface area contributed by atoms with Crippen LogP contribution in [0.2, 0.25) is 0 Å². The molecule has 0 saturated heterocycles. The fourth-order valence-corrected chi connectivity index (χ4v) is 0. The maximum atomic E-state index is 9.07. The van der Waals surface area contributed by atoms with Crippen molar-refractivity contribution in [1.82, 2.24) is 0 Å². The Kier molecular flexibility index (Phi) is 16.1. The molecule has 0 aromatic rings. The van der Waals surface area contributed by atoms with Gasteiger partial charge in [0.15, 0.2) is 0 Å². The number of carbonyl (C=O) groups is 1. The Hall–Kier alpha value is 0.617. The molecule has 0 amide bonds. The van der Waals surface area contributed by atoms with Crippen molar-refractivity contribution in [3.63, 3.8) is 0 Å². The molecule has 0 atom stereocenters. The first kappa shape index (κ1) is 9.15. The third kappa shape index (κ3) is 12.1. The maximum absolute atomic E-state index is 9.07. The predicted octanol–water partition coefficient (Wildman–Crippen LogP) is -3.26. The zero-order valence-electron chi connectivity index (χ0n) is 3.10. The summed E-state index contributed by atoms with van der Waals surface area (Å²) < 4.78 is 0. The molecule has 0 aliphatic rings. The fraction of sp³-hybridized carbons (Fsp3) is 0.500. The quantitative estimate of drug-likeness (QED) is 0.188. The van der Waals surface area contributed by atoms with Crippen LogP contribution < -0.4 is 18.9 Å². The Morgan fingerprint density at radius 2 is 2.00 bits per heavy atom. The molecule has 0 rings (SSSR count). The zero-order chi connectivity index (χ0) is 3.41. The SMILES string of the molecule is O=CC[S-].[Li+]. The Balaban J connectivity index is 0. The molecule has 0 aromatic carbocycles. The van der Waals surface area contributed by atoms with Gasteiger partial charge in [0.1, 0.15) is 0 Å². The van der Waals surface area contributed by atoms with Crippen molar-refractivity contribution in [1.29, 1.82) is 0 Å². The Labute approximate surface area is 48.7 Å². The van der Waals surface area contributed by atoms with Crippen LogP contribution in [0.25, 0.3) is 0 Å². The summed E-state index contributed by atoms with van der Waals surface area (Å²) in [7, 11) is 0. The van der Waals surface area contributed by atoms with E-state index in [1.807, 2.05) is 0 Å². The topological polar surface area (TPSA) is 17.1 Å². The van der Waals surface area contributed by atoms with Crippen molar-refractivity contribution in [2.45, 2.75) is 0 Å². The predicted molar refractivity (Wildman–Crippen MR) is 18.3 cm³/mol. The molecule has 0 heterocycles. The molecule has 0 unspecified atom stereocenters. The Morgan fingerprint density at radius 3 is 2.00 bits per heavy atom. The largest absolute Gasteiger partial charge is 1.00 e. The first-order valence-electron chi connectivity index (χ1n) is 0.933. The van der Waals surface area contributed by atoms with Gasteiger partial charge in [0.25, 0.3) is 0 Å². The second-order valence-electron chi connectivity index (χ2n) is 0.333. The van der Waals surface area contributed by atoms with Crippen LogP contribution in [-0.2, 0) is 17.4 Å². The summed E-state index contributed by atoms with van der Waals surface area (Å²) in [5.41, 5.74) is 0. The second-order valence-corrected chi connectivity index (χ2v) is 0.667. The van der Waals surface area contributed by atoms with Gasteiger partial charge >= 0.3 is 18.9 Å². The number of rotatable bonds is 1. The van der Waals surface area contributed by atoms with Crippen molar-refractivity contribution in [2.75, 3.05) is 5.75 Å². The summed E-state index contributed by atoms with van der Waals surface area (Å²) >= 11 is 4.19. The molecular weight excluding hydrogens is 79.0 g/mol. The zero-order valence-corrected chi connectivity index (χ0v) is 3.92. The number of hydrogen-bond acceptors (Lipinski definition) is 2. The van der Waals surface area contributed by atoms with E-state index in [1.54, 1.807) is 0 Å². The standard InChI is InChI=1S/C2H4OS.Li/c3-1-2-4;/h1,4H,2H2;/q;+1/p-1. The Bertz CT molecular complexity index is 23.6. The van der Waals surface area contributed by atoms with Gasteiger partial charge in [-0.3, -0.25) is 0 Å². The van der Waals surface area contributed by atoms with E-state index in [4.69, 9.17) is 4.79 Å². The van der Waals surface area contributed by atoms with Crippen LogP contribution in [0.15, 0.2) is 0 Å². The monoisotopic (exact) mass is 82.0 g/mol. The first-order valence-corrected chi connectivity index (χ1v) is 1.51. The molecule has 0 saturated carbocycles. The molecule has 0 aliphatic heterocycles. The van der Waals surface area contributed by atoms with E-state index < -0.39 is 0 Å². The smallest absolute Gasteiger partial charge is 0.785 e. The average molecular weight is 82.1 g/mol. The molecule has 0 radical (unpaired) electrons. The van der Waals surface area contributed by atoms with Crippen LogP contribution in [0.5, 0.6) is 0 Å². The van der Waals surface area contributed by atoms with Crippen LogP contribution in [-0.4, -0.2) is 12.0 Å². The van der Waals surface area contributed by atoms with Gasteiger partial charge in [0.2, 0.25) is 0 Å². The van der Waals surface area contributed by atoms with Crippen LogP contribution in [0.3, 0.4) is 0 Å². The number of hydrogen-bond donors (Lipinski definition) is 0. The van der Waals surface area contributed by atoms with E-state index >= 15 is 0 Å². The molecule has 0 N–H and O–H groups in total. The van der Waals surface area contributed by atoms with Crippen molar-refractivity contribution < 1.29 is 23.7 Å². The van der Waals surface area contributed by atoms with Gasteiger partial charge in [-0.2, -0.15) is 0 Å².